The quantitative estimate of drug-likeness (QED) is 0.798. The average molecular weight is 311 g/mol. The van der Waals surface area contributed by atoms with E-state index in [1.165, 1.54) is 0 Å². The summed E-state index contributed by atoms with van der Waals surface area (Å²) in [7, 11) is 0. The Balaban J connectivity index is 1.85. The van der Waals surface area contributed by atoms with E-state index in [4.69, 9.17) is 11.6 Å². The lowest BCUT2D eigenvalue weighted by atomic mass is 10.3. The van der Waals surface area contributed by atoms with Gasteiger partial charge in [-0.3, -0.25) is 4.79 Å². The standard InChI is InChI=1S/C17H13ClN3O/c1-12-11-16(17(22)19-14-5-3-2-4-6-14)20-21(12)15-9-7-13(18)8-10-15/h2-10H,1H3,(H,19,22). The molecule has 3 aromatic rings. The van der Waals surface area contributed by atoms with Gasteiger partial charge in [-0.05, 0) is 43.3 Å². The van der Waals surface area contributed by atoms with Crippen LogP contribution in [0, 0.1) is 13.0 Å². The van der Waals surface area contributed by atoms with Gasteiger partial charge in [0.15, 0.2) is 5.69 Å². The molecule has 1 radical (unpaired) electrons. The summed E-state index contributed by atoms with van der Waals surface area (Å²) in [5.74, 6) is -0.290. The number of nitrogens with zero attached hydrogens (tertiary/aromatic N) is 2. The number of rotatable bonds is 3. The first kappa shape index (κ1) is 14.4. The molecule has 0 spiro atoms. The molecule has 2 aromatic carbocycles. The summed E-state index contributed by atoms with van der Waals surface area (Å²) in [5.41, 5.74) is 2.55. The van der Waals surface area contributed by atoms with Crippen molar-refractivity contribution in [2.75, 3.05) is 5.32 Å². The fourth-order valence-electron chi connectivity index (χ4n) is 2.07. The van der Waals surface area contributed by atoms with Gasteiger partial charge in [-0.15, -0.1) is 0 Å². The number of aryl methyl sites for hydroxylation is 1. The first-order chi connectivity index (χ1) is 10.6. The van der Waals surface area contributed by atoms with Crippen molar-refractivity contribution in [1.29, 1.82) is 0 Å². The van der Waals surface area contributed by atoms with Crippen LogP contribution in [-0.4, -0.2) is 15.7 Å². The van der Waals surface area contributed by atoms with E-state index in [-0.39, 0.29) is 11.6 Å². The van der Waals surface area contributed by atoms with Gasteiger partial charge in [0.2, 0.25) is 0 Å². The third-order valence-corrected chi connectivity index (χ3v) is 3.39. The van der Waals surface area contributed by atoms with Crippen LogP contribution in [0.5, 0.6) is 0 Å². The highest BCUT2D eigenvalue weighted by molar-refractivity contribution is 6.30. The van der Waals surface area contributed by atoms with Crippen molar-refractivity contribution in [3.8, 4) is 5.69 Å². The van der Waals surface area contributed by atoms with Crippen molar-refractivity contribution in [2.24, 2.45) is 0 Å². The molecule has 1 amide bonds. The Hall–Kier alpha value is -2.59. The molecule has 1 heterocycles. The molecule has 4 nitrogen and oxygen atoms in total. The summed E-state index contributed by atoms with van der Waals surface area (Å²) in [5, 5.41) is 7.76. The maximum absolute atomic E-state index is 12.2. The number of carbonyl (C=O) groups excluding carboxylic acids is 1. The zero-order valence-electron chi connectivity index (χ0n) is 11.9. The SMILES string of the molecule is Cc1[c]c(C(=O)Nc2ccccc2)nn1-c1ccc(Cl)cc1. The van der Waals surface area contributed by atoms with Gasteiger partial charge in [0.1, 0.15) is 0 Å². The largest absolute Gasteiger partial charge is 0.321 e. The normalized spacial score (nSPS) is 10.5. The van der Waals surface area contributed by atoms with Crippen LogP contribution in [0.25, 0.3) is 5.69 Å². The maximum atomic E-state index is 12.2. The van der Waals surface area contributed by atoms with Crippen molar-refractivity contribution in [2.45, 2.75) is 6.92 Å². The van der Waals surface area contributed by atoms with Crippen molar-refractivity contribution in [1.82, 2.24) is 9.78 Å². The van der Waals surface area contributed by atoms with E-state index >= 15 is 0 Å². The van der Waals surface area contributed by atoms with Crippen LogP contribution in [0.15, 0.2) is 54.6 Å². The molecule has 1 aromatic heterocycles. The second-order valence-corrected chi connectivity index (χ2v) is 5.20. The van der Waals surface area contributed by atoms with Gasteiger partial charge in [-0.25, -0.2) is 4.68 Å². The zero-order valence-corrected chi connectivity index (χ0v) is 12.6. The predicted molar refractivity (Wildman–Crippen MR) is 86.5 cm³/mol. The van der Waals surface area contributed by atoms with Gasteiger partial charge < -0.3 is 5.32 Å². The van der Waals surface area contributed by atoms with Gasteiger partial charge in [0.25, 0.3) is 5.91 Å². The first-order valence-corrected chi connectivity index (χ1v) is 7.12. The van der Waals surface area contributed by atoms with E-state index in [0.717, 1.165) is 17.1 Å². The molecule has 0 aliphatic heterocycles. The van der Waals surface area contributed by atoms with E-state index < -0.39 is 0 Å². The van der Waals surface area contributed by atoms with Gasteiger partial charge in [-0.1, -0.05) is 29.8 Å². The topological polar surface area (TPSA) is 46.9 Å². The number of halogens is 1. The molecular formula is C17H13ClN3O. The van der Waals surface area contributed by atoms with E-state index in [0.29, 0.717) is 5.02 Å². The molecular weight excluding hydrogens is 298 g/mol. The van der Waals surface area contributed by atoms with E-state index in [1.54, 1.807) is 16.8 Å². The molecule has 0 atom stereocenters. The molecule has 0 unspecified atom stereocenters. The molecule has 0 saturated carbocycles. The summed E-state index contributed by atoms with van der Waals surface area (Å²) in [4.78, 5) is 12.2. The molecule has 109 valence electrons. The molecule has 0 saturated heterocycles. The van der Waals surface area contributed by atoms with E-state index in [2.05, 4.69) is 16.5 Å². The molecule has 0 bridgehead atoms. The highest BCUT2D eigenvalue weighted by Crippen LogP contribution is 2.16. The van der Waals surface area contributed by atoms with Crippen LogP contribution in [0.2, 0.25) is 5.02 Å². The molecule has 0 aliphatic carbocycles. The summed E-state index contributed by atoms with van der Waals surface area (Å²) in [6.07, 6.45) is 0. The number of carbonyl (C=O) groups is 1. The molecule has 22 heavy (non-hydrogen) atoms. The monoisotopic (exact) mass is 310 g/mol. The minimum Gasteiger partial charge on any atom is -0.321 e. The number of amides is 1. The second kappa shape index (κ2) is 6.03. The van der Waals surface area contributed by atoms with Crippen LogP contribution in [0.3, 0.4) is 0 Å². The molecule has 5 heteroatoms. The Bertz CT molecular complexity index is 795. The third kappa shape index (κ3) is 3.02. The number of hydrogen-bond acceptors (Lipinski definition) is 2. The first-order valence-electron chi connectivity index (χ1n) is 6.75. The molecule has 3 rings (SSSR count). The van der Waals surface area contributed by atoms with Crippen molar-refractivity contribution < 1.29 is 4.79 Å². The Morgan fingerprint density at radius 2 is 1.82 bits per heavy atom. The van der Waals surface area contributed by atoms with Crippen molar-refractivity contribution in [3.05, 3.63) is 77.1 Å². The Kier molecular flexibility index (Phi) is 3.94. The number of nitrogens with one attached hydrogen (secondary N) is 1. The molecule has 0 fully saturated rings. The van der Waals surface area contributed by atoms with E-state index in [1.807, 2.05) is 49.4 Å². The van der Waals surface area contributed by atoms with Gasteiger partial charge in [-0.2, -0.15) is 5.10 Å². The smallest absolute Gasteiger partial charge is 0.276 e. The maximum Gasteiger partial charge on any atom is 0.276 e. The Labute approximate surface area is 133 Å². The zero-order chi connectivity index (χ0) is 15.5. The van der Waals surface area contributed by atoms with Crippen molar-refractivity contribution in [3.63, 3.8) is 0 Å². The minimum absolute atomic E-state index is 0.247. The highest BCUT2D eigenvalue weighted by atomic mass is 35.5. The van der Waals surface area contributed by atoms with Crippen LogP contribution in [-0.2, 0) is 0 Å². The predicted octanol–water partition coefficient (Wildman–Crippen LogP) is 3.89. The summed E-state index contributed by atoms with van der Waals surface area (Å²) >= 11 is 5.88. The summed E-state index contributed by atoms with van der Waals surface area (Å²) in [6.45, 7) is 1.85. The fourth-order valence-corrected chi connectivity index (χ4v) is 2.20. The highest BCUT2D eigenvalue weighted by Gasteiger charge is 2.14. The summed E-state index contributed by atoms with van der Waals surface area (Å²) in [6, 6.07) is 19.5. The lowest BCUT2D eigenvalue weighted by Gasteiger charge is -2.04. The number of aromatic nitrogens is 2. The number of anilines is 1. The Morgan fingerprint density at radius 1 is 1.14 bits per heavy atom. The average Bonchev–Trinajstić information content (AvgIpc) is 2.91. The second-order valence-electron chi connectivity index (χ2n) is 4.77. The van der Waals surface area contributed by atoms with E-state index in [9.17, 15) is 4.79 Å². The van der Waals surface area contributed by atoms with Crippen LogP contribution in [0.4, 0.5) is 5.69 Å². The number of para-hydroxylation sites is 1. The van der Waals surface area contributed by atoms with Gasteiger partial charge in [0.05, 0.1) is 5.69 Å². The van der Waals surface area contributed by atoms with Crippen LogP contribution in [0.1, 0.15) is 16.2 Å². The molecule has 0 aliphatic rings. The van der Waals surface area contributed by atoms with Gasteiger partial charge in [0, 0.05) is 22.5 Å². The minimum atomic E-state index is -0.290. The van der Waals surface area contributed by atoms with Crippen LogP contribution >= 0.6 is 11.6 Å². The van der Waals surface area contributed by atoms with Crippen molar-refractivity contribution >= 4 is 23.2 Å². The number of hydrogen-bond donors (Lipinski definition) is 1. The Morgan fingerprint density at radius 3 is 2.50 bits per heavy atom. The van der Waals surface area contributed by atoms with Gasteiger partial charge >= 0.3 is 0 Å². The lowest BCUT2D eigenvalue weighted by molar-refractivity contribution is 0.102. The summed E-state index contributed by atoms with van der Waals surface area (Å²) < 4.78 is 1.66. The third-order valence-electron chi connectivity index (χ3n) is 3.13. The van der Waals surface area contributed by atoms with Crippen LogP contribution < -0.4 is 5.32 Å². The molecule has 1 N–H and O–H groups in total. The number of benzene rings is 2. The lowest BCUT2D eigenvalue weighted by Crippen LogP contribution is -2.13. The fraction of sp³-hybridized carbons (Fsp3) is 0.0588.